The van der Waals surface area contributed by atoms with Crippen molar-refractivity contribution in [3.63, 3.8) is 0 Å². The first-order chi connectivity index (χ1) is 8.70. The lowest BCUT2D eigenvalue weighted by atomic mass is 10.0. The van der Waals surface area contributed by atoms with E-state index in [4.69, 9.17) is 4.98 Å². The molecule has 1 aromatic rings. The van der Waals surface area contributed by atoms with Crippen molar-refractivity contribution < 1.29 is 0 Å². The van der Waals surface area contributed by atoms with Gasteiger partial charge in [-0.2, -0.15) is 0 Å². The van der Waals surface area contributed by atoms with Crippen LogP contribution in [-0.2, 0) is 6.54 Å². The van der Waals surface area contributed by atoms with Gasteiger partial charge in [-0.3, -0.25) is 4.98 Å². The van der Waals surface area contributed by atoms with E-state index in [1.54, 1.807) is 0 Å². The van der Waals surface area contributed by atoms with Gasteiger partial charge in [-0.05, 0) is 24.8 Å². The fourth-order valence-electron chi connectivity index (χ4n) is 2.34. The molecule has 0 aromatic carbocycles. The van der Waals surface area contributed by atoms with Crippen LogP contribution in [0.1, 0.15) is 32.9 Å². The standard InChI is InChI=1S/C14H24N4/c1-4-5-15-6-13-7-16-8-14(17-13)18-9-11(2)12(3)10-18/h7-8,11-12,15H,4-6,9-10H2,1-3H3. The summed E-state index contributed by atoms with van der Waals surface area (Å²) in [4.78, 5) is 11.4. The van der Waals surface area contributed by atoms with Gasteiger partial charge in [0, 0.05) is 25.8 Å². The van der Waals surface area contributed by atoms with Crippen molar-refractivity contribution in [2.75, 3.05) is 24.5 Å². The van der Waals surface area contributed by atoms with Crippen LogP contribution in [0.25, 0.3) is 0 Å². The average Bonchev–Trinajstić information content (AvgIpc) is 2.71. The van der Waals surface area contributed by atoms with Crippen LogP contribution in [0.2, 0.25) is 0 Å². The highest BCUT2D eigenvalue weighted by atomic mass is 15.2. The highest BCUT2D eigenvalue weighted by Gasteiger charge is 2.26. The molecule has 18 heavy (non-hydrogen) atoms. The molecule has 0 saturated carbocycles. The summed E-state index contributed by atoms with van der Waals surface area (Å²) < 4.78 is 0. The van der Waals surface area contributed by atoms with Crippen molar-refractivity contribution in [3.05, 3.63) is 18.1 Å². The van der Waals surface area contributed by atoms with Gasteiger partial charge in [0.1, 0.15) is 5.82 Å². The van der Waals surface area contributed by atoms with Gasteiger partial charge < -0.3 is 10.2 Å². The van der Waals surface area contributed by atoms with Crippen LogP contribution in [-0.4, -0.2) is 29.6 Å². The second kappa shape index (κ2) is 6.14. The average molecular weight is 248 g/mol. The summed E-state index contributed by atoms with van der Waals surface area (Å²) in [6, 6.07) is 0. The van der Waals surface area contributed by atoms with Gasteiger partial charge in [-0.25, -0.2) is 4.98 Å². The van der Waals surface area contributed by atoms with Gasteiger partial charge in [0.15, 0.2) is 0 Å². The summed E-state index contributed by atoms with van der Waals surface area (Å²) >= 11 is 0. The minimum Gasteiger partial charge on any atom is -0.355 e. The highest BCUT2D eigenvalue weighted by molar-refractivity contribution is 5.38. The molecular weight excluding hydrogens is 224 g/mol. The minimum atomic E-state index is 0.744. The molecule has 1 saturated heterocycles. The molecular formula is C14H24N4. The third-order valence-corrected chi connectivity index (χ3v) is 3.72. The fraction of sp³-hybridized carbons (Fsp3) is 0.714. The Balaban J connectivity index is 1.99. The predicted octanol–water partition coefficient (Wildman–Crippen LogP) is 2.07. The molecule has 4 nitrogen and oxygen atoms in total. The largest absolute Gasteiger partial charge is 0.355 e. The number of rotatable bonds is 5. The topological polar surface area (TPSA) is 41.1 Å². The maximum atomic E-state index is 4.70. The summed E-state index contributed by atoms with van der Waals surface area (Å²) in [7, 11) is 0. The summed E-state index contributed by atoms with van der Waals surface area (Å²) in [5, 5.41) is 3.37. The molecule has 2 rings (SSSR count). The molecule has 0 spiro atoms. The Morgan fingerprint density at radius 1 is 1.28 bits per heavy atom. The van der Waals surface area contributed by atoms with Gasteiger partial charge in [0.2, 0.25) is 0 Å². The smallest absolute Gasteiger partial charge is 0.147 e. The second-order valence-electron chi connectivity index (χ2n) is 5.40. The number of nitrogens with zero attached hydrogens (tertiary/aromatic N) is 3. The van der Waals surface area contributed by atoms with Gasteiger partial charge in [0.25, 0.3) is 0 Å². The molecule has 100 valence electrons. The maximum Gasteiger partial charge on any atom is 0.147 e. The maximum absolute atomic E-state index is 4.70. The van der Waals surface area contributed by atoms with Crippen LogP contribution in [0, 0.1) is 11.8 Å². The van der Waals surface area contributed by atoms with Gasteiger partial charge >= 0.3 is 0 Å². The number of hydrogen-bond donors (Lipinski definition) is 1. The summed E-state index contributed by atoms with van der Waals surface area (Å²) in [5.74, 6) is 2.52. The number of aromatic nitrogens is 2. The quantitative estimate of drug-likeness (QED) is 0.810. The van der Waals surface area contributed by atoms with E-state index in [2.05, 4.69) is 36.0 Å². The van der Waals surface area contributed by atoms with Crippen LogP contribution >= 0.6 is 0 Å². The number of hydrogen-bond acceptors (Lipinski definition) is 4. The lowest BCUT2D eigenvalue weighted by Gasteiger charge is -2.17. The van der Waals surface area contributed by atoms with Crippen molar-refractivity contribution in [2.45, 2.75) is 33.7 Å². The summed E-state index contributed by atoms with van der Waals surface area (Å²) in [5.41, 5.74) is 1.04. The van der Waals surface area contributed by atoms with Crippen molar-refractivity contribution in [3.8, 4) is 0 Å². The van der Waals surface area contributed by atoms with E-state index in [1.807, 2.05) is 12.4 Å². The predicted molar refractivity (Wildman–Crippen MR) is 74.6 cm³/mol. The van der Waals surface area contributed by atoms with E-state index in [-0.39, 0.29) is 0 Å². The monoisotopic (exact) mass is 248 g/mol. The second-order valence-corrected chi connectivity index (χ2v) is 5.40. The van der Waals surface area contributed by atoms with E-state index >= 15 is 0 Å². The molecule has 4 heteroatoms. The molecule has 2 unspecified atom stereocenters. The molecule has 0 radical (unpaired) electrons. The normalized spacial score (nSPS) is 23.6. The van der Waals surface area contributed by atoms with E-state index < -0.39 is 0 Å². The molecule has 2 atom stereocenters. The van der Waals surface area contributed by atoms with E-state index in [0.717, 1.165) is 55.9 Å². The van der Waals surface area contributed by atoms with Crippen LogP contribution in [0.15, 0.2) is 12.4 Å². The lowest BCUT2D eigenvalue weighted by Crippen LogP contribution is -2.22. The molecule has 1 aliphatic rings. The van der Waals surface area contributed by atoms with Crippen LogP contribution in [0.5, 0.6) is 0 Å². The van der Waals surface area contributed by atoms with Crippen LogP contribution in [0.4, 0.5) is 5.82 Å². The molecule has 1 N–H and O–H groups in total. The zero-order valence-electron chi connectivity index (χ0n) is 11.7. The van der Waals surface area contributed by atoms with Crippen molar-refractivity contribution in [1.29, 1.82) is 0 Å². The first kappa shape index (κ1) is 13.3. The summed E-state index contributed by atoms with van der Waals surface area (Å²) in [6.45, 7) is 10.8. The zero-order chi connectivity index (χ0) is 13.0. The zero-order valence-corrected chi connectivity index (χ0v) is 11.7. The van der Waals surface area contributed by atoms with Gasteiger partial charge in [-0.1, -0.05) is 20.8 Å². The van der Waals surface area contributed by atoms with Crippen molar-refractivity contribution in [1.82, 2.24) is 15.3 Å². The minimum absolute atomic E-state index is 0.744. The molecule has 0 bridgehead atoms. The van der Waals surface area contributed by atoms with E-state index in [0.29, 0.717) is 0 Å². The lowest BCUT2D eigenvalue weighted by molar-refractivity contribution is 0.494. The Kier molecular flexibility index (Phi) is 4.53. The Labute approximate surface area is 110 Å². The van der Waals surface area contributed by atoms with Gasteiger partial charge in [-0.15, -0.1) is 0 Å². The first-order valence-corrected chi connectivity index (χ1v) is 6.97. The van der Waals surface area contributed by atoms with Crippen molar-refractivity contribution >= 4 is 5.82 Å². The highest BCUT2D eigenvalue weighted by Crippen LogP contribution is 2.25. The Morgan fingerprint density at radius 3 is 2.67 bits per heavy atom. The third kappa shape index (κ3) is 3.19. The Hall–Kier alpha value is -1.16. The fourth-order valence-corrected chi connectivity index (χ4v) is 2.34. The first-order valence-electron chi connectivity index (χ1n) is 6.97. The van der Waals surface area contributed by atoms with Crippen LogP contribution < -0.4 is 10.2 Å². The Morgan fingerprint density at radius 2 is 2.00 bits per heavy atom. The SMILES string of the molecule is CCCNCc1cncc(N2CC(C)C(C)C2)n1. The third-order valence-electron chi connectivity index (χ3n) is 3.72. The van der Waals surface area contributed by atoms with Crippen molar-refractivity contribution in [2.24, 2.45) is 11.8 Å². The van der Waals surface area contributed by atoms with Gasteiger partial charge in [0.05, 0.1) is 11.9 Å². The Bertz CT molecular complexity index is 370. The molecule has 0 amide bonds. The van der Waals surface area contributed by atoms with E-state index in [1.165, 1.54) is 0 Å². The molecule has 1 fully saturated rings. The molecule has 1 aromatic heterocycles. The summed E-state index contributed by atoms with van der Waals surface area (Å²) in [6.07, 6.45) is 4.89. The molecule has 1 aliphatic heterocycles. The van der Waals surface area contributed by atoms with Crippen LogP contribution in [0.3, 0.4) is 0 Å². The molecule has 2 heterocycles. The number of anilines is 1. The number of nitrogens with one attached hydrogen (secondary N) is 1. The molecule has 0 aliphatic carbocycles. The van der Waals surface area contributed by atoms with E-state index in [9.17, 15) is 0 Å².